The quantitative estimate of drug-likeness (QED) is 0.584. The van der Waals surface area contributed by atoms with Crippen LogP contribution < -0.4 is 4.74 Å². The zero-order valence-electron chi connectivity index (χ0n) is 18.5. The highest BCUT2D eigenvalue weighted by Crippen LogP contribution is 2.28. The van der Waals surface area contributed by atoms with Gasteiger partial charge < -0.3 is 9.64 Å². The summed E-state index contributed by atoms with van der Waals surface area (Å²) in [6.07, 6.45) is 3.08. The van der Waals surface area contributed by atoms with Crippen LogP contribution >= 0.6 is 11.3 Å². The summed E-state index contributed by atoms with van der Waals surface area (Å²) in [5, 5.41) is 0. The number of carbonyl (C=O) groups is 1. The molecule has 2 aromatic rings. The number of hydrogen-bond donors (Lipinski definition) is 0. The molecule has 7 nitrogen and oxygen atoms in total. The van der Waals surface area contributed by atoms with E-state index in [9.17, 15) is 13.2 Å². The fraction of sp³-hybridized carbons (Fsp3) is 0.522. The Morgan fingerprint density at radius 1 is 0.969 bits per heavy atom. The summed E-state index contributed by atoms with van der Waals surface area (Å²) >= 11 is 1.23. The topological polar surface area (TPSA) is 70.2 Å². The number of amides is 1. The number of ether oxygens (including phenoxy) is 1. The van der Waals surface area contributed by atoms with Crippen molar-refractivity contribution < 1.29 is 17.9 Å². The Labute approximate surface area is 194 Å². The minimum Gasteiger partial charge on any atom is -0.497 e. The molecule has 32 heavy (non-hydrogen) atoms. The highest BCUT2D eigenvalue weighted by atomic mass is 32.2. The summed E-state index contributed by atoms with van der Waals surface area (Å²) in [7, 11) is -1.74. The molecule has 0 unspecified atom stereocenters. The molecule has 2 fully saturated rings. The Kier molecular flexibility index (Phi) is 7.50. The van der Waals surface area contributed by atoms with Gasteiger partial charge >= 0.3 is 0 Å². The standard InChI is InChI=1S/C23H31N3O4S2/c1-30-20-6-4-19(5-7-20)10-13-24-14-16-25(17-15-24)22(27)18-21-8-9-23(31-21)32(28,29)26-11-2-3-12-26/h4-9H,2-3,10-18H2,1H3. The molecular formula is C23H31N3O4S2. The lowest BCUT2D eigenvalue weighted by Gasteiger charge is -2.34. The summed E-state index contributed by atoms with van der Waals surface area (Å²) in [4.78, 5) is 17.9. The second kappa shape index (κ2) is 10.3. The third-order valence-corrected chi connectivity index (χ3v) is 9.67. The number of rotatable bonds is 8. The van der Waals surface area contributed by atoms with E-state index >= 15 is 0 Å². The van der Waals surface area contributed by atoms with Gasteiger partial charge in [-0.1, -0.05) is 12.1 Å². The van der Waals surface area contributed by atoms with Crippen molar-refractivity contribution in [2.45, 2.75) is 29.9 Å². The zero-order valence-corrected chi connectivity index (χ0v) is 20.2. The van der Waals surface area contributed by atoms with Crippen LogP contribution in [-0.4, -0.2) is 81.4 Å². The first-order valence-corrected chi connectivity index (χ1v) is 13.4. The van der Waals surface area contributed by atoms with Crippen molar-refractivity contribution in [3.05, 3.63) is 46.8 Å². The van der Waals surface area contributed by atoms with E-state index < -0.39 is 10.0 Å². The van der Waals surface area contributed by atoms with Gasteiger partial charge in [0.15, 0.2) is 0 Å². The lowest BCUT2D eigenvalue weighted by molar-refractivity contribution is -0.132. The van der Waals surface area contributed by atoms with E-state index in [0.29, 0.717) is 30.4 Å². The van der Waals surface area contributed by atoms with Crippen molar-refractivity contribution >= 4 is 27.3 Å². The summed E-state index contributed by atoms with van der Waals surface area (Å²) in [5.41, 5.74) is 1.28. The van der Waals surface area contributed by atoms with E-state index in [1.54, 1.807) is 23.5 Å². The molecule has 0 radical (unpaired) electrons. The molecule has 1 aromatic heterocycles. The number of thiophene rings is 1. The normalized spacial score (nSPS) is 18.2. The number of piperazine rings is 1. The molecule has 0 saturated carbocycles. The molecule has 1 amide bonds. The molecule has 2 aliphatic rings. The van der Waals surface area contributed by atoms with Crippen molar-refractivity contribution in [1.29, 1.82) is 0 Å². The van der Waals surface area contributed by atoms with Crippen molar-refractivity contribution in [2.75, 3.05) is 52.9 Å². The van der Waals surface area contributed by atoms with Crippen molar-refractivity contribution in [3.63, 3.8) is 0 Å². The molecule has 0 bridgehead atoms. The van der Waals surface area contributed by atoms with Crippen LogP contribution in [0.1, 0.15) is 23.3 Å². The predicted octanol–water partition coefficient (Wildman–Crippen LogP) is 2.47. The molecule has 2 saturated heterocycles. The second-order valence-electron chi connectivity index (χ2n) is 8.33. The highest BCUT2D eigenvalue weighted by Gasteiger charge is 2.29. The molecule has 174 valence electrons. The van der Waals surface area contributed by atoms with Crippen LogP contribution in [0.2, 0.25) is 0 Å². The molecule has 2 aliphatic heterocycles. The zero-order chi connectivity index (χ0) is 22.6. The largest absolute Gasteiger partial charge is 0.497 e. The smallest absolute Gasteiger partial charge is 0.252 e. The van der Waals surface area contributed by atoms with Crippen molar-refractivity contribution in [2.24, 2.45) is 0 Å². The predicted molar refractivity (Wildman–Crippen MR) is 126 cm³/mol. The maximum absolute atomic E-state index is 12.8. The Hall–Kier alpha value is -1.94. The Balaban J connectivity index is 1.23. The molecule has 4 rings (SSSR count). The van der Waals surface area contributed by atoms with Crippen LogP contribution in [0.25, 0.3) is 0 Å². The minimum absolute atomic E-state index is 0.0757. The second-order valence-corrected chi connectivity index (χ2v) is 11.7. The van der Waals surface area contributed by atoms with E-state index in [1.807, 2.05) is 17.0 Å². The van der Waals surface area contributed by atoms with Crippen LogP contribution in [0.4, 0.5) is 0 Å². The average Bonchev–Trinajstić information content (AvgIpc) is 3.51. The van der Waals surface area contributed by atoms with E-state index in [4.69, 9.17) is 4.74 Å². The van der Waals surface area contributed by atoms with E-state index in [2.05, 4.69) is 17.0 Å². The van der Waals surface area contributed by atoms with Crippen LogP contribution in [0, 0.1) is 0 Å². The minimum atomic E-state index is -3.41. The average molecular weight is 478 g/mol. The third-order valence-electron chi connectivity index (χ3n) is 6.22. The highest BCUT2D eigenvalue weighted by molar-refractivity contribution is 7.91. The van der Waals surface area contributed by atoms with Gasteiger partial charge in [0.1, 0.15) is 9.96 Å². The van der Waals surface area contributed by atoms with Crippen LogP contribution in [0.15, 0.2) is 40.6 Å². The van der Waals surface area contributed by atoms with Crippen LogP contribution in [0.3, 0.4) is 0 Å². The Morgan fingerprint density at radius 3 is 2.31 bits per heavy atom. The Bertz CT molecular complexity index is 1010. The third kappa shape index (κ3) is 5.51. The monoisotopic (exact) mass is 477 g/mol. The lowest BCUT2D eigenvalue weighted by atomic mass is 10.1. The van der Waals surface area contributed by atoms with Gasteiger partial charge in [0.25, 0.3) is 10.0 Å². The molecule has 9 heteroatoms. The first-order valence-electron chi connectivity index (χ1n) is 11.2. The summed E-state index contributed by atoms with van der Waals surface area (Å²) in [6.45, 7) is 5.31. The first kappa shape index (κ1) is 23.2. The number of benzene rings is 1. The maximum atomic E-state index is 12.8. The number of carbonyl (C=O) groups excluding carboxylic acids is 1. The van der Waals surface area contributed by atoms with Crippen LogP contribution in [-0.2, 0) is 27.7 Å². The fourth-order valence-electron chi connectivity index (χ4n) is 4.21. The molecule has 0 aliphatic carbocycles. The SMILES string of the molecule is COc1ccc(CCN2CCN(C(=O)Cc3ccc(S(=O)(=O)N4CCCC4)s3)CC2)cc1. The maximum Gasteiger partial charge on any atom is 0.252 e. The summed E-state index contributed by atoms with van der Waals surface area (Å²) in [5.74, 6) is 0.944. The molecule has 3 heterocycles. The molecular weight excluding hydrogens is 446 g/mol. The van der Waals surface area contributed by atoms with Crippen molar-refractivity contribution in [1.82, 2.24) is 14.1 Å². The van der Waals surface area contributed by atoms with Crippen LogP contribution in [0.5, 0.6) is 5.75 Å². The summed E-state index contributed by atoms with van der Waals surface area (Å²) < 4.78 is 32.5. The fourth-order valence-corrected chi connectivity index (χ4v) is 7.23. The van der Waals surface area contributed by atoms with Gasteiger partial charge in [-0.25, -0.2) is 8.42 Å². The molecule has 0 atom stereocenters. The molecule has 0 spiro atoms. The lowest BCUT2D eigenvalue weighted by Crippen LogP contribution is -2.49. The van der Waals surface area contributed by atoms with Gasteiger partial charge in [-0.2, -0.15) is 4.31 Å². The number of sulfonamides is 1. The van der Waals surface area contributed by atoms with E-state index in [-0.39, 0.29) is 12.3 Å². The van der Waals surface area contributed by atoms with Crippen molar-refractivity contribution in [3.8, 4) is 5.75 Å². The van der Waals surface area contributed by atoms with Gasteiger partial charge in [0.05, 0.1) is 13.5 Å². The van der Waals surface area contributed by atoms with Gasteiger partial charge in [0.2, 0.25) is 5.91 Å². The number of nitrogens with zero attached hydrogens (tertiary/aromatic N) is 3. The Morgan fingerprint density at radius 2 is 1.66 bits per heavy atom. The van der Waals surface area contributed by atoms with Gasteiger partial charge in [0, 0.05) is 50.7 Å². The summed E-state index contributed by atoms with van der Waals surface area (Å²) in [6, 6.07) is 11.6. The molecule has 0 N–H and O–H groups in total. The van der Waals surface area contributed by atoms with Gasteiger partial charge in [-0.3, -0.25) is 9.69 Å². The van der Waals surface area contributed by atoms with Gasteiger partial charge in [-0.05, 0) is 49.1 Å². The van der Waals surface area contributed by atoms with Gasteiger partial charge in [-0.15, -0.1) is 11.3 Å². The van der Waals surface area contributed by atoms with E-state index in [1.165, 1.54) is 16.9 Å². The number of methoxy groups -OCH3 is 1. The first-order chi connectivity index (χ1) is 15.5. The number of hydrogen-bond acceptors (Lipinski definition) is 6. The van der Waals surface area contributed by atoms with E-state index in [0.717, 1.165) is 49.5 Å². The molecule has 1 aromatic carbocycles.